The third-order valence-corrected chi connectivity index (χ3v) is 3.99. The molecule has 1 N–H and O–H groups in total. The molecule has 0 spiro atoms. The van der Waals surface area contributed by atoms with Gasteiger partial charge in [-0.05, 0) is 72.3 Å². The Morgan fingerprint density at radius 1 is 1.30 bits per heavy atom. The van der Waals surface area contributed by atoms with Crippen LogP contribution >= 0.6 is 22.6 Å². The van der Waals surface area contributed by atoms with Crippen molar-refractivity contribution in [2.24, 2.45) is 0 Å². The van der Waals surface area contributed by atoms with Gasteiger partial charge in [-0.15, -0.1) is 0 Å². The number of methoxy groups -OCH3 is 1. The van der Waals surface area contributed by atoms with Gasteiger partial charge >= 0.3 is 0 Å². The van der Waals surface area contributed by atoms with E-state index >= 15 is 0 Å². The lowest BCUT2D eigenvalue weighted by Gasteiger charge is -2.13. The largest absolute Gasteiger partial charge is 0.492 e. The molecule has 0 aliphatic carbocycles. The van der Waals surface area contributed by atoms with E-state index in [2.05, 4.69) is 27.9 Å². The van der Waals surface area contributed by atoms with Gasteiger partial charge in [0.2, 0.25) is 0 Å². The van der Waals surface area contributed by atoms with Crippen molar-refractivity contribution in [2.75, 3.05) is 19.0 Å². The number of carbonyl (C=O) groups excluding carboxylic acids is 1. The second kappa shape index (κ2) is 7.63. The van der Waals surface area contributed by atoms with E-state index in [0.29, 0.717) is 34.9 Å². The molecule has 0 aliphatic heterocycles. The van der Waals surface area contributed by atoms with Gasteiger partial charge < -0.3 is 14.8 Å². The minimum atomic E-state index is -0.305. The third kappa shape index (κ3) is 4.13. The van der Waals surface area contributed by atoms with Crippen LogP contribution in [0.2, 0.25) is 0 Å². The first-order chi connectivity index (χ1) is 11.0. The first kappa shape index (κ1) is 17.5. The molecule has 0 unspecified atom stereocenters. The van der Waals surface area contributed by atoms with Crippen LogP contribution in [-0.2, 0) is 0 Å². The molecule has 0 aromatic heterocycles. The van der Waals surface area contributed by atoms with Gasteiger partial charge in [0, 0.05) is 11.3 Å². The molecule has 23 heavy (non-hydrogen) atoms. The second-order valence-corrected chi connectivity index (χ2v) is 6.00. The number of rotatable bonds is 5. The number of carbonyl (C=O) groups is 1. The summed E-state index contributed by atoms with van der Waals surface area (Å²) in [7, 11) is 1.56. The minimum absolute atomic E-state index is 0.294. The first-order valence-corrected chi connectivity index (χ1v) is 8.12. The average Bonchev–Trinajstić information content (AvgIpc) is 2.51. The maximum Gasteiger partial charge on any atom is 0.255 e. The zero-order valence-corrected chi connectivity index (χ0v) is 15.2. The summed E-state index contributed by atoms with van der Waals surface area (Å²) in [5.74, 6) is 0.516. The number of nitrogens with one attached hydrogen (secondary N) is 1. The van der Waals surface area contributed by atoms with Crippen LogP contribution in [0.4, 0.5) is 10.1 Å². The normalized spacial score (nSPS) is 10.3. The molecule has 0 atom stereocenters. The zero-order valence-electron chi connectivity index (χ0n) is 13.1. The van der Waals surface area contributed by atoms with Crippen molar-refractivity contribution in [3.8, 4) is 11.5 Å². The minimum Gasteiger partial charge on any atom is -0.492 e. The average molecular weight is 429 g/mol. The van der Waals surface area contributed by atoms with Crippen LogP contribution in [0.15, 0.2) is 30.3 Å². The molecule has 0 radical (unpaired) electrons. The van der Waals surface area contributed by atoms with Crippen LogP contribution in [0.1, 0.15) is 22.8 Å². The summed E-state index contributed by atoms with van der Waals surface area (Å²) in [5, 5.41) is 2.75. The van der Waals surface area contributed by atoms with Gasteiger partial charge in [-0.1, -0.05) is 0 Å². The number of hydrogen-bond donors (Lipinski definition) is 1. The Balaban J connectivity index is 2.29. The molecule has 0 fully saturated rings. The van der Waals surface area contributed by atoms with E-state index in [1.165, 1.54) is 12.1 Å². The number of hydrogen-bond acceptors (Lipinski definition) is 3. The van der Waals surface area contributed by atoms with Gasteiger partial charge in [-0.3, -0.25) is 4.79 Å². The summed E-state index contributed by atoms with van der Waals surface area (Å²) >= 11 is 2.09. The molecule has 0 bridgehead atoms. The van der Waals surface area contributed by atoms with Crippen molar-refractivity contribution < 1.29 is 18.7 Å². The lowest BCUT2D eigenvalue weighted by molar-refractivity contribution is 0.102. The van der Waals surface area contributed by atoms with Gasteiger partial charge in [0.1, 0.15) is 5.82 Å². The highest BCUT2D eigenvalue weighted by atomic mass is 127. The van der Waals surface area contributed by atoms with Crippen LogP contribution in [0.3, 0.4) is 0 Å². The molecular weight excluding hydrogens is 412 g/mol. The van der Waals surface area contributed by atoms with Gasteiger partial charge in [-0.25, -0.2) is 4.39 Å². The fraction of sp³-hybridized carbons (Fsp3) is 0.235. The number of aryl methyl sites for hydroxylation is 1. The van der Waals surface area contributed by atoms with Crippen molar-refractivity contribution in [2.45, 2.75) is 13.8 Å². The van der Waals surface area contributed by atoms with E-state index in [0.717, 1.165) is 3.57 Å². The number of benzene rings is 2. The number of halogens is 2. The summed E-state index contributed by atoms with van der Waals surface area (Å²) in [5.41, 5.74) is 1.46. The van der Waals surface area contributed by atoms with Gasteiger partial charge in [-0.2, -0.15) is 0 Å². The van der Waals surface area contributed by atoms with Crippen LogP contribution in [0.5, 0.6) is 11.5 Å². The van der Waals surface area contributed by atoms with E-state index in [1.807, 2.05) is 6.92 Å². The van der Waals surface area contributed by atoms with Crippen LogP contribution in [0.25, 0.3) is 0 Å². The lowest BCUT2D eigenvalue weighted by Crippen LogP contribution is -2.13. The van der Waals surface area contributed by atoms with Crippen LogP contribution in [0, 0.1) is 16.3 Å². The molecule has 0 heterocycles. The molecule has 2 rings (SSSR count). The summed E-state index contributed by atoms with van der Waals surface area (Å²) in [4.78, 5) is 12.4. The van der Waals surface area contributed by atoms with E-state index < -0.39 is 0 Å². The maximum atomic E-state index is 13.3. The fourth-order valence-electron chi connectivity index (χ4n) is 2.09. The monoisotopic (exact) mass is 429 g/mol. The number of amides is 1. The second-order valence-electron chi connectivity index (χ2n) is 4.84. The predicted molar refractivity (Wildman–Crippen MR) is 96.0 cm³/mol. The molecule has 0 saturated heterocycles. The highest BCUT2D eigenvalue weighted by Crippen LogP contribution is 2.34. The Bertz CT molecular complexity index is 734. The molecule has 4 nitrogen and oxygen atoms in total. The molecule has 0 aliphatic rings. The van der Waals surface area contributed by atoms with Crippen LogP contribution in [-0.4, -0.2) is 19.6 Å². The Hall–Kier alpha value is -1.83. The van der Waals surface area contributed by atoms with Crippen LogP contribution < -0.4 is 14.8 Å². The molecular formula is C17H17FINO3. The Labute approximate surface area is 148 Å². The Kier molecular flexibility index (Phi) is 5.81. The molecule has 2 aromatic rings. The van der Waals surface area contributed by atoms with Crippen molar-refractivity contribution >= 4 is 34.2 Å². The smallest absolute Gasteiger partial charge is 0.255 e. The molecule has 6 heteroatoms. The van der Waals surface area contributed by atoms with E-state index in [-0.39, 0.29) is 11.7 Å². The lowest BCUT2D eigenvalue weighted by atomic mass is 10.1. The van der Waals surface area contributed by atoms with E-state index in [1.54, 1.807) is 32.2 Å². The Morgan fingerprint density at radius 3 is 2.65 bits per heavy atom. The molecule has 122 valence electrons. The Morgan fingerprint density at radius 2 is 2.04 bits per heavy atom. The first-order valence-electron chi connectivity index (χ1n) is 7.04. The summed E-state index contributed by atoms with van der Waals surface area (Å²) in [6, 6.07) is 7.79. The van der Waals surface area contributed by atoms with Crippen molar-refractivity contribution in [1.29, 1.82) is 0 Å². The molecule has 2 aromatic carbocycles. The van der Waals surface area contributed by atoms with Gasteiger partial charge in [0.15, 0.2) is 11.5 Å². The highest BCUT2D eigenvalue weighted by molar-refractivity contribution is 14.1. The number of anilines is 1. The highest BCUT2D eigenvalue weighted by Gasteiger charge is 2.15. The number of ether oxygens (including phenoxy) is 2. The van der Waals surface area contributed by atoms with Crippen molar-refractivity contribution in [3.05, 3.63) is 50.8 Å². The predicted octanol–water partition coefficient (Wildman–Crippen LogP) is 4.40. The summed E-state index contributed by atoms with van der Waals surface area (Å²) in [6.07, 6.45) is 0. The van der Waals surface area contributed by atoms with Crippen molar-refractivity contribution in [1.82, 2.24) is 0 Å². The molecule has 0 saturated carbocycles. The quantitative estimate of drug-likeness (QED) is 0.718. The maximum absolute atomic E-state index is 13.3. The van der Waals surface area contributed by atoms with Gasteiger partial charge in [0.25, 0.3) is 5.91 Å². The fourth-order valence-corrected chi connectivity index (χ4v) is 2.91. The van der Waals surface area contributed by atoms with Gasteiger partial charge in [0.05, 0.1) is 17.3 Å². The van der Waals surface area contributed by atoms with Crippen molar-refractivity contribution in [3.63, 3.8) is 0 Å². The van der Waals surface area contributed by atoms with E-state index in [4.69, 9.17) is 9.47 Å². The zero-order chi connectivity index (χ0) is 17.0. The molecule has 1 amide bonds. The topological polar surface area (TPSA) is 47.6 Å². The van der Waals surface area contributed by atoms with E-state index in [9.17, 15) is 9.18 Å². The standard InChI is InChI=1S/C17H17FINO3/c1-4-23-15-9-11(8-14(19)16(15)22-3)17(21)20-12-5-6-13(18)10(2)7-12/h5-9H,4H2,1-3H3,(H,20,21). The summed E-state index contributed by atoms with van der Waals surface area (Å²) in [6.45, 7) is 3.98. The summed E-state index contributed by atoms with van der Waals surface area (Å²) < 4.78 is 24.9. The third-order valence-electron chi connectivity index (χ3n) is 3.19. The SMILES string of the molecule is CCOc1cc(C(=O)Nc2ccc(F)c(C)c2)cc(I)c1OC.